The van der Waals surface area contributed by atoms with E-state index in [1.54, 1.807) is 0 Å². The van der Waals surface area contributed by atoms with Gasteiger partial charge in [0.05, 0.1) is 22.0 Å². The van der Waals surface area contributed by atoms with Crippen molar-refractivity contribution in [3.05, 3.63) is 39.4 Å². The predicted molar refractivity (Wildman–Crippen MR) is 74.6 cm³/mol. The Kier molecular flexibility index (Phi) is 4.13. The number of amides is 1. The summed E-state index contributed by atoms with van der Waals surface area (Å²) in [6.45, 7) is -0.0431. The Balaban J connectivity index is 2.33. The third-order valence-electron chi connectivity index (χ3n) is 3.25. The zero-order chi connectivity index (χ0) is 16.5. The molecule has 118 valence electrons. The van der Waals surface area contributed by atoms with E-state index in [9.17, 15) is 28.1 Å². The Hall–Kier alpha value is -2.49. The molecule has 1 N–H and O–H groups in total. The lowest BCUT2D eigenvalue weighted by molar-refractivity contribution is -0.384. The summed E-state index contributed by atoms with van der Waals surface area (Å²) < 4.78 is 22.7. The number of non-ortho nitro benzene ring substituents is 1. The van der Waals surface area contributed by atoms with Crippen LogP contribution < -0.4 is 0 Å². The highest BCUT2D eigenvalue weighted by Crippen LogP contribution is 2.19. The number of hydrogen-bond donors (Lipinski definition) is 1. The standard InChI is InChI=1S/C12H12N2O7S/c15-11(13-1-3-22(20,21)4-2-13)8-5-9(12(16)17)7-10(6-8)14(18)19/h5-7H,1-4H2,(H,16,17). The summed E-state index contributed by atoms with van der Waals surface area (Å²) in [4.78, 5) is 34.5. The Morgan fingerprint density at radius 1 is 1.14 bits per heavy atom. The molecule has 0 aromatic heterocycles. The van der Waals surface area contributed by atoms with E-state index in [1.807, 2.05) is 0 Å². The smallest absolute Gasteiger partial charge is 0.335 e. The first-order chi connectivity index (χ1) is 10.2. The molecule has 0 atom stereocenters. The van der Waals surface area contributed by atoms with Crippen molar-refractivity contribution in [2.45, 2.75) is 0 Å². The Morgan fingerprint density at radius 3 is 2.18 bits per heavy atom. The molecule has 0 radical (unpaired) electrons. The molecule has 1 aromatic carbocycles. The summed E-state index contributed by atoms with van der Waals surface area (Å²) in [6, 6.07) is 2.89. The van der Waals surface area contributed by atoms with E-state index in [-0.39, 0.29) is 35.7 Å². The van der Waals surface area contributed by atoms with Gasteiger partial charge in [0.2, 0.25) is 0 Å². The van der Waals surface area contributed by atoms with Crippen molar-refractivity contribution in [3.63, 3.8) is 0 Å². The van der Waals surface area contributed by atoms with E-state index in [2.05, 4.69) is 0 Å². The minimum atomic E-state index is -3.17. The fourth-order valence-corrected chi connectivity index (χ4v) is 3.26. The lowest BCUT2D eigenvalue weighted by Crippen LogP contribution is -2.43. The molecular weight excluding hydrogens is 316 g/mol. The molecule has 10 heteroatoms. The topological polar surface area (TPSA) is 135 Å². The van der Waals surface area contributed by atoms with Gasteiger partial charge in [-0.15, -0.1) is 0 Å². The first kappa shape index (κ1) is 15.9. The predicted octanol–water partition coefficient (Wildman–Crippen LogP) is 0.164. The van der Waals surface area contributed by atoms with Gasteiger partial charge in [0, 0.05) is 30.8 Å². The number of carboxylic acids is 1. The molecule has 0 spiro atoms. The van der Waals surface area contributed by atoms with Gasteiger partial charge in [0.25, 0.3) is 11.6 Å². The van der Waals surface area contributed by atoms with Crippen molar-refractivity contribution >= 4 is 27.4 Å². The average Bonchev–Trinajstić information content (AvgIpc) is 2.46. The summed E-state index contributed by atoms with van der Waals surface area (Å²) >= 11 is 0. The molecule has 1 aromatic rings. The van der Waals surface area contributed by atoms with Gasteiger partial charge in [-0.05, 0) is 6.07 Å². The number of nitro groups is 1. The molecule has 2 rings (SSSR count). The molecule has 0 saturated carbocycles. The normalized spacial score (nSPS) is 17.0. The van der Waals surface area contributed by atoms with Crippen molar-refractivity contribution < 1.29 is 28.0 Å². The quantitative estimate of drug-likeness (QED) is 0.617. The number of carbonyl (C=O) groups excluding carboxylic acids is 1. The largest absolute Gasteiger partial charge is 0.478 e. The fraction of sp³-hybridized carbons (Fsp3) is 0.333. The molecule has 1 aliphatic rings. The monoisotopic (exact) mass is 328 g/mol. The summed E-state index contributed by atoms with van der Waals surface area (Å²) in [6.07, 6.45) is 0. The van der Waals surface area contributed by atoms with E-state index in [0.717, 1.165) is 18.2 Å². The lowest BCUT2D eigenvalue weighted by Gasteiger charge is -2.26. The van der Waals surface area contributed by atoms with Gasteiger partial charge in [0.1, 0.15) is 0 Å². The third-order valence-corrected chi connectivity index (χ3v) is 4.86. The summed E-state index contributed by atoms with van der Waals surface area (Å²) in [5, 5.41) is 19.8. The van der Waals surface area contributed by atoms with Crippen LogP contribution in [0.2, 0.25) is 0 Å². The number of aromatic carboxylic acids is 1. The molecule has 9 nitrogen and oxygen atoms in total. The van der Waals surface area contributed by atoms with Crippen LogP contribution in [0, 0.1) is 10.1 Å². The van der Waals surface area contributed by atoms with E-state index in [4.69, 9.17) is 5.11 Å². The Morgan fingerprint density at radius 2 is 1.68 bits per heavy atom. The zero-order valence-corrected chi connectivity index (χ0v) is 12.1. The van der Waals surface area contributed by atoms with Gasteiger partial charge in [-0.2, -0.15) is 0 Å². The first-order valence-electron chi connectivity index (χ1n) is 6.22. The van der Waals surface area contributed by atoms with Crippen molar-refractivity contribution in [1.82, 2.24) is 4.90 Å². The number of carbonyl (C=O) groups is 2. The van der Waals surface area contributed by atoms with Gasteiger partial charge in [-0.3, -0.25) is 14.9 Å². The minimum absolute atomic E-state index is 0.0216. The molecule has 0 bridgehead atoms. The first-order valence-corrected chi connectivity index (χ1v) is 8.04. The van der Waals surface area contributed by atoms with Gasteiger partial charge < -0.3 is 10.0 Å². The van der Waals surface area contributed by atoms with Crippen LogP contribution in [-0.2, 0) is 9.84 Å². The van der Waals surface area contributed by atoms with Gasteiger partial charge in [-0.25, -0.2) is 13.2 Å². The molecule has 1 heterocycles. The van der Waals surface area contributed by atoms with E-state index >= 15 is 0 Å². The summed E-state index contributed by atoms with van der Waals surface area (Å²) in [7, 11) is -3.17. The minimum Gasteiger partial charge on any atom is -0.478 e. The number of hydrogen-bond acceptors (Lipinski definition) is 6. The van der Waals surface area contributed by atoms with E-state index < -0.39 is 32.3 Å². The number of rotatable bonds is 3. The Bertz CT molecular complexity index is 710. The van der Waals surface area contributed by atoms with Crippen LogP contribution in [0.5, 0.6) is 0 Å². The van der Waals surface area contributed by atoms with Crippen molar-refractivity contribution in [2.24, 2.45) is 0 Å². The van der Waals surface area contributed by atoms with Crippen LogP contribution in [0.15, 0.2) is 18.2 Å². The molecule has 0 unspecified atom stereocenters. The number of nitro benzene ring substituents is 1. The van der Waals surface area contributed by atoms with Crippen LogP contribution in [0.3, 0.4) is 0 Å². The van der Waals surface area contributed by atoms with Gasteiger partial charge in [0.15, 0.2) is 9.84 Å². The molecule has 1 fully saturated rings. The second kappa shape index (κ2) is 5.72. The fourth-order valence-electron chi connectivity index (χ4n) is 2.06. The highest BCUT2D eigenvalue weighted by Gasteiger charge is 2.27. The summed E-state index contributed by atoms with van der Waals surface area (Å²) in [5.41, 5.74) is -1.03. The van der Waals surface area contributed by atoms with Crippen LogP contribution in [0.1, 0.15) is 20.7 Å². The van der Waals surface area contributed by atoms with Crippen molar-refractivity contribution in [2.75, 3.05) is 24.6 Å². The second-order valence-corrected chi connectivity index (χ2v) is 7.08. The maximum absolute atomic E-state index is 12.3. The SMILES string of the molecule is O=C(O)c1cc(C(=O)N2CCS(=O)(=O)CC2)cc([N+](=O)[O-])c1. The van der Waals surface area contributed by atoms with Gasteiger partial charge in [-0.1, -0.05) is 0 Å². The van der Waals surface area contributed by atoms with E-state index in [1.165, 1.54) is 4.90 Å². The highest BCUT2D eigenvalue weighted by molar-refractivity contribution is 7.91. The molecule has 22 heavy (non-hydrogen) atoms. The number of nitrogens with zero attached hydrogens (tertiary/aromatic N) is 2. The molecule has 1 saturated heterocycles. The van der Waals surface area contributed by atoms with Crippen LogP contribution in [-0.4, -0.2) is 59.8 Å². The van der Waals surface area contributed by atoms with Crippen LogP contribution >= 0.6 is 0 Å². The van der Waals surface area contributed by atoms with Crippen LogP contribution in [0.25, 0.3) is 0 Å². The summed E-state index contributed by atoms with van der Waals surface area (Å²) in [5.74, 6) is -2.38. The van der Waals surface area contributed by atoms with E-state index in [0.29, 0.717) is 0 Å². The molecule has 1 aliphatic heterocycles. The zero-order valence-electron chi connectivity index (χ0n) is 11.3. The molecule has 0 aliphatic carbocycles. The number of sulfone groups is 1. The number of benzene rings is 1. The molecular formula is C12H12N2O7S. The van der Waals surface area contributed by atoms with Crippen molar-refractivity contribution in [1.29, 1.82) is 0 Å². The highest BCUT2D eigenvalue weighted by atomic mass is 32.2. The maximum Gasteiger partial charge on any atom is 0.335 e. The lowest BCUT2D eigenvalue weighted by atomic mass is 10.1. The van der Waals surface area contributed by atoms with Crippen LogP contribution in [0.4, 0.5) is 5.69 Å². The molecule has 1 amide bonds. The van der Waals surface area contributed by atoms with Crippen molar-refractivity contribution in [3.8, 4) is 0 Å². The Labute approximate surface area is 125 Å². The third kappa shape index (κ3) is 3.39. The second-order valence-electron chi connectivity index (χ2n) is 4.77. The average molecular weight is 328 g/mol. The number of carboxylic acid groups (broad SMARTS) is 1. The van der Waals surface area contributed by atoms with Gasteiger partial charge >= 0.3 is 5.97 Å². The maximum atomic E-state index is 12.3.